The van der Waals surface area contributed by atoms with Gasteiger partial charge in [-0.05, 0) is 47.2 Å². The Labute approximate surface area is 121 Å². The lowest BCUT2D eigenvalue weighted by molar-refractivity contribution is 0.0697. The fourth-order valence-electron chi connectivity index (χ4n) is 2.54. The number of carboxylic acid groups (broad SMARTS) is 1. The van der Waals surface area contributed by atoms with Gasteiger partial charge in [-0.15, -0.1) is 0 Å². The highest BCUT2D eigenvalue weighted by Gasteiger charge is 2.12. The third-order valence-corrected chi connectivity index (χ3v) is 3.65. The van der Waals surface area contributed by atoms with Crippen LogP contribution in [0, 0.1) is 12.7 Å². The molecule has 1 N–H and O–H groups in total. The summed E-state index contributed by atoms with van der Waals surface area (Å²) >= 11 is 0. The van der Waals surface area contributed by atoms with E-state index in [2.05, 4.69) is 0 Å². The fourth-order valence-corrected chi connectivity index (χ4v) is 2.54. The van der Waals surface area contributed by atoms with Gasteiger partial charge in [0.25, 0.3) is 0 Å². The van der Waals surface area contributed by atoms with Crippen LogP contribution in [0.1, 0.15) is 15.9 Å². The Balaban J connectivity index is 2.33. The third kappa shape index (κ3) is 2.27. The van der Waals surface area contributed by atoms with E-state index >= 15 is 0 Å². The molecule has 3 aromatic rings. The van der Waals surface area contributed by atoms with E-state index in [1.807, 2.05) is 19.1 Å². The SMILES string of the molecule is Cc1ccc(C(=O)O)cc1-c1ccc(F)c2ccccc12. The van der Waals surface area contributed by atoms with Gasteiger partial charge < -0.3 is 5.11 Å². The second kappa shape index (κ2) is 5.02. The quantitative estimate of drug-likeness (QED) is 0.741. The van der Waals surface area contributed by atoms with Crippen LogP contribution in [-0.4, -0.2) is 11.1 Å². The van der Waals surface area contributed by atoms with Crippen molar-refractivity contribution in [3.63, 3.8) is 0 Å². The van der Waals surface area contributed by atoms with E-state index in [-0.39, 0.29) is 11.4 Å². The second-order valence-corrected chi connectivity index (χ2v) is 4.98. The van der Waals surface area contributed by atoms with E-state index in [1.165, 1.54) is 6.07 Å². The van der Waals surface area contributed by atoms with E-state index in [0.29, 0.717) is 5.39 Å². The van der Waals surface area contributed by atoms with Crippen molar-refractivity contribution in [2.24, 2.45) is 0 Å². The summed E-state index contributed by atoms with van der Waals surface area (Å²) in [7, 11) is 0. The molecule has 0 unspecified atom stereocenters. The lowest BCUT2D eigenvalue weighted by atomic mass is 9.93. The normalized spacial score (nSPS) is 10.8. The van der Waals surface area contributed by atoms with Gasteiger partial charge in [-0.1, -0.05) is 36.4 Å². The van der Waals surface area contributed by atoms with E-state index in [1.54, 1.807) is 36.4 Å². The van der Waals surface area contributed by atoms with Crippen molar-refractivity contribution in [2.45, 2.75) is 6.92 Å². The van der Waals surface area contributed by atoms with Gasteiger partial charge in [0.05, 0.1) is 5.56 Å². The molecule has 3 rings (SSSR count). The Hall–Kier alpha value is -2.68. The summed E-state index contributed by atoms with van der Waals surface area (Å²) in [6, 6.07) is 15.3. The van der Waals surface area contributed by atoms with Crippen LogP contribution in [-0.2, 0) is 0 Å². The van der Waals surface area contributed by atoms with Crippen molar-refractivity contribution in [3.05, 3.63) is 71.5 Å². The van der Waals surface area contributed by atoms with E-state index in [4.69, 9.17) is 5.11 Å². The standard InChI is InChI=1S/C18H13FO2/c1-11-6-7-12(18(20)21)10-16(11)14-8-9-17(19)15-5-3-2-4-13(14)15/h2-10H,1H3,(H,20,21). The summed E-state index contributed by atoms with van der Waals surface area (Å²) in [5, 5.41) is 10.5. The van der Waals surface area contributed by atoms with Gasteiger partial charge in [0.2, 0.25) is 0 Å². The monoisotopic (exact) mass is 280 g/mol. The minimum Gasteiger partial charge on any atom is -0.478 e. The van der Waals surface area contributed by atoms with Crippen molar-refractivity contribution in [1.29, 1.82) is 0 Å². The molecule has 0 aliphatic rings. The molecule has 3 heteroatoms. The van der Waals surface area contributed by atoms with E-state index in [9.17, 15) is 9.18 Å². The topological polar surface area (TPSA) is 37.3 Å². The number of fused-ring (bicyclic) bond motifs is 1. The zero-order chi connectivity index (χ0) is 15.0. The molecule has 104 valence electrons. The van der Waals surface area contributed by atoms with Crippen LogP contribution in [0.25, 0.3) is 21.9 Å². The predicted molar refractivity (Wildman–Crippen MR) is 81.0 cm³/mol. The number of hydrogen-bond donors (Lipinski definition) is 1. The summed E-state index contributed by atoms with van der Waals surface area (Å²) in [6.45, 7) is 1.92. The maximum Gasteiger partial charge on any atom is 0.335 e. The van der Waals surface area contributed by atoms with Gasteiger partial charge >= 0.3 is 5.97 Å². The number of aromatic carboxylic acids is 1. The molecule has 0 fully saturated rings. The second-order valence-electron chi connectivity index (χ2n) is 4.98. The maximum absolute atomic E-state index is 13.9. The van der Waals surface area contributed by atoms with E-state index in [0.717, 1.165) is 22.1 Å². The number of hydrogen-bond acceptors (Lipinski definition) is 1. The van der Waals surface area contributed by atoms with E-state index < -0.39 is 5.97 Å². The molecule has 0 bridgehead atoms. The Bertz CT molecular complexity index is 853. The number of aryl methyl sites for hydroxylation is 1. The summed E-state index contributed by atoms with van der Waals surface area (Å²) < 4.78 is 13.9. The first-order valence-corrected chi connectivity index (χ1v) is 6.59. The molecular formula is C18H13FO2. The highest BCUT2D eigenvalue weighted by Crippen LogP contribution is 2.32. The molecular weight excluding hydrogens is 267 g/mol. The number of rotatable bonds is 2. The summed E-state index contributed by atoms with van der Waals surface area (Å²) in [5.41, 5.74) is 2.83. The molecule has 0 saturated heterocycles. The zero-order valence-corrected chi connectivity index (χ0v) is 11.4. The van der Waals surface area contributed by atoms with Crippen molar-refractivity contribution < 1.29 is 14.3 Å². The molecule has 21 heavy (non-hydrogen) atoms. The third-order valence-electron chi connectivity index (χ3n) is 3.65. The fraction of sp³-hybridized carbons (Fsp3) is 0.0556. The van der Waals surface area contributed by atoms with Crippen LogP contribution < -0.4 is 0 Å². The first-order chi connectivity index (χ1) is 10.1. The Morgan fingerprint density at radius 2 is 1.67 bits per heavy atom. The first-order valence-electron chi connectivity index (χ1n) is 6.59. The van der Waals surface area contributed by atoms with Gasteiger partial charge in [-0.2, -0.15) is 0 Å². The molecule has 0 atom stereocenters. The number of carbonyl (C=O) groups is 1. The Morgan fingerprint density at radius 3 is 2.38 bits per heavy atom. The van der Waals surface area contributed by atoms with Crippen LogP contribution in [0.5, 0.6) is 0 Å². The largest absolute Gasteiger partial charge is 0.478 e. The van der Waals surface area contributed by atoms with Crippen molar-refractivity contribution >= 4 is 16.7 Å². The lowest BCUT2D eigenvalue weighted by Crippen LogP contribution is -1.97. The predicted octanol–water partition coefficient (Wildman–Crippen LogP) is 4.65. The molecule has 0 spiro atoms. The first kappa shape index (κ1) is 13.3. The Kier molecular flexibility index (Phi) is 3.18. The van der Waals surface area contributed by atoms with Crippen molar-refractivity contribution in [2.75, 3.05) is 0 Å². The number of benzene rings is 3. The summed E-state index contributed by atoms with van der Waals surface area (Å²) in [5.74, 6) is -1.25. The minimum absolute atomic E-state index is 0.226. The average Bonchev–Trinajstić information content (AvgIpc) is 2.49. The smallest absolute Gasteiger partial charge is 0.335 e. The van der Waals surface area contributed by atoms with Crippen LogP contribution >= 0.6 is 0 Å². The molecule has 2 nitrogen and oxygen atoms in total. The molecule has 0 aliphatic carbocycles. The number of carboxylic acids is 1. The van der Waals surface area contributed by atoms with Gasteiger partial charge in [0.1, 0.15) is 5.82 Å². The van der Waals surface area contributed by atoms with Crippen LogP contribution in [0.3, 0.4) is 0 Å². The Morgan fingerprint density at radius 1 is 0.952 bits per heavy atom. The number of halogens is 1. The minimum atomic E-state index is -0.970. The van der Waals surface area contributed by atoms with Gasteiger partial charge in [-0.25, -0.2) is 9.18 Å². The van der Waals surface area contributed by atoms with Crippen molar-refractivity contribution in [1.82, 2.24) is 0 Å². The van der Waals surface area contributed by atoms with Crippen LogP contribution in [0.15, 0.2) is 54.6 Å². The van der Waals surface area contributed by atoms with Crippen LogP contribution in [0.2, 0.25) is 0 Å². The molecule has 0 radical (unpaired) electrons. The van der Waals surface area contributed by atoms with Gasteiger partial charge in [0, 0.05) is 5.39 Å². The molecule has 0 aliphatic heterocycles. The molecule has 0 saturated carbocycles. The van der Waals surface area contributed by atoms with Gasteiger partial charge in [-0.3, -0.25) is 0 Å². The van der Waals surface area contributed by atoms with Gasteiger partial charge in [0.15, 0.2) is 0 Å². The highest BCUT2D eigenvalue weighted by molar-refractivity contribution is 5.99. The maximum atomic E-state index is 13.9. The summed E-state index contributed by atoms with van der Waals surface area (Å²) in [6.07, 6.45) is 0. The molecule has 0 aromatic heterocycles. The lowest BCUT2D eigenvalue weighted by Gasteiger charge is -2.11. The van der Waals surface area contributed by atoms with Crippen LogP contribution in [0.4, 0.5) is 4.39 Å². The molecule has 3 aromatic carbocycles. The summed E-state index contributed by atoms with van der Waals surface area (Å²) in [4.78, 5) is 11.2. The average molecular weight is 280 g/mol. The molecule has 0 amide bonds. The zero-order valence-electron chi connectivity index (χ0n) is 11.4. The van der Waals surface area contributed by atoms with Crippen molar-refractivity contribution in [3.8, 4) is 11.1 Å². The highest BCUT2D eigenvalue weighted by atomic mass is 19.1. The molecule has 0 heterocycles.